The average molecular weight is 234 g/mol. The van der Waals surface area contributed by atoms with E-state index < -0.39 is 0 Å². The second kappa shape index (κ2) is 5.21. The average Bonchev–Trinajstić information content (AvgIpc) is 2.21. The van der Waals surface area contributed by atoms with Crippen LogP contribution in [0.5, 0.6) is 0 Å². The summed E-state index contributed by atoms with van der Waals surface area (Å²) in [6.07, 6.45) is 1.99. The van der Waals surface area contributed by atoms with Gasteiger partial charge in [0.1, 0.15) is 0 Å². The van der Waals surface area contributed by atoms with E-state index in [-0.39, 0.29) is 11.4 Å². The number of nitrogen functional groups attached to an aromatic ring is 1. The van der Waals surface area contributed by atoms with Crippen molar-refractivity contribution >= 4 is 11.6 Å². The first-order chi connectivity index (χ1) is 7.87. The maximum atomic E-state index is 12.1. The molecule has 0 saturated heterocycles. The smallest absolute Gasteiger partial charge is 0.253 e. The molecule has 0 spiro atoms. The van der Waals surface area contributed by atoms with Crippen molar-refractivity contribution in [3.05, 3.63) is 29.3 Å². The van der Waals surface area contributed by atoms with Crippen molar-refractivity contribution in [2.24, 2.45) is 0 Å². The molecular formula is C14H22N2O. The Bertz CT molecular complexity index is 411. The number of rotatable bonds is 4. The van der Waals surface area contributed by atoms with Crippen LogP contribution >= 0.6 is 0 Å². The fourth-order valence-corrected chi connectivity index (χ4v) is 1.94. The Morgan fingerprint density at radius 3 is 2.65 bits per heavy atom. The number of carbonyl (C=O) groups excluding carboxylic acids is 1. The van der Waals surface area contributed by atoms with Crippen LogP contribution in [-0.2, 0) is 0 Å². The highest BCUT2D eigenvalue weighted by molar-refractivity contribution is 6.00. The third kappa shape index (κ3) is 3.48. The molecule has 0 aliphatic heterocycles. The van der Waals surface area contributed by atoms with Crippen molar-refractivity contribution in [3.63, 3.8) is 0 Å². The second-order valence-electron chi connectivity index (χ2n) is 5.12. The lowest BCUT2D eigenvalue weighted by molar-refractivity contribution is 0.0910. The Morgan fingerprint density at radius 1 is 1.41 bits per heavy atom. The van der Waals surface area contributed by atoms with Crippen molar-refractivity contribution in [2.75, 3.05) is 5.73 Å². The standard InChI is InChI=1S/C14H22N2O/c1-5-9-14(3,4)16-13(17)11-8-6-7-10(2)12(11)15/h6-8H,5,9,15H2,1-4H3,(H,16,17). The first-order valence-electron chi connectivity index (χ1n) is 6.05. The summed E-state index contributed by atoms with van der Waals surface area (Å²) in [6.45, 7) is 8.07. The number of hydrogen-bond donors (Lipinski definition) is 2. The number of nitrogens with one attached hydrogen (secondary N) is 1. The minimum atomic E-state index is -0.192. The molecule has 0 aliphatic rings. The van der Waals surface area contributed by atoms with Crippen LogP contribution < -0.4 is 11.1 Å². The van der Waals surface area contributed by atoms with E-state index in [0.29, 0.717) is 11.3 Å². The molecule has 1 amide bonds. The van der Waals surface area contributed by atoms with Crippen LogP contribution in [-0.4, -0.2) is 11.4 Å². The summed E-state index contributed by atoms with van der Waals surface area (Å²) in [5.74, 6) is -0.0929. The molecule has 0 saturated carbocycles. The summed E-state index contributed by atoms with van der Waals surface area (Å²) in [4.78, 5) is 12.1. The van der Waals surface area contributed by atoms with Gasteiger partial charge in [-0.1, -0.05) is 25.5 Å². The summed E-state index contributed by atoms with van der Waals surface area (Å²) < 4.78 is 0. The minimum Gasteiger partial charge on any atom is -0.398 e. The summed E-state index contributed by atoms with van der Waals surface area (Å²) in [7, 11) is 0. The van der Waals surface area contributed by atoms with Crippen molar-refractivity contribution in [1.29, 1.82) is 0 Å². The summed E-state index contributed by atoms with van der Waals surface area (Å²) in [5.41, 5.74) is 7.79. The van der Waals surface area contributed by atoms with Gasteiger partial charge in [-0.15, -0.1) is 0 Å². The molecule has 0 atom stereocenters. The van der Waals surface area contributed by atoms with Gasteiger partial charge in [0.15, 0.2) is 0 Å². The number of hydrogen-bond acceptors (Lipinski definition) is 2. The van der Waals surface area contributed by atoms with Crippen LogP contribution in [0.25, 0.3) is 0 Å². The van der Waals surface area contributed by atoms with E-state index in [1.807, 2.05) is 32.9 Å². The van der Waals surface area contributed by atoms with Gasteiger partial charge in [0.25, 0.3) is 5.91 Å². The largest absolute Gasteiger partial charge is 0.398 e. The van der Waals surface area contributed by atoms with Crippen molar-refractivity contribution in [1.82, 2.24) is 5.32 Å². The molecular weight excluding hydrogens is 212 g/mol. The van der Waals surface area contributed by atoms with E-state index in [1.165, 1.54) is 0 Å². The summed E-state index contributed by atoms with van der Waals surface area (Å²) in [6, 6.07) is 5.52. The van der Waals surface area contributed by atoms with E-state index >= 15 is 0 Å². The summed E-state index contributed by atoms with van der Waals surface area (Å²) in [5, 5.41) is 3.02. The molecule has 1 rings (SSSR count). The fourth-order valence-electron chi connectivity index (χ4n) is 1.94. The number of para-hydroxylation sites is 1. The Morgan fingerprint density at radius 2 is 2.06 bits per heavy atom. The molecule has 3 nitrogen and oxygen atoms in total. The number of carbonyl (C=O) groups is 1. The van der Waals surface area contributed by atoms with Crippen molar-refractivity contribution in [2.45, 2.75) is 46.1 Å². The molecule has 3 heteroatoms. The molecule has 17 heavy (non-hydrogen) atoms. The Hall–Kier alpha value is -1.51. The van der Waals surface area contributed by atoms with Crippen molar-refractivity contribution < 1.29 is 4.79 Å². The minimum absolute atomic E-state index is 0.0929. The maximum Gasteiger partial charge on any atom is 0.253 e. The normalized spacial score (nSPS) is 11.3. The van der Waals surface area contributed by atoms with E-state index in [4.69, 9.17) is 5.73 Å². The predicted octanol–water partition coefficient (Wildman–Crippen LogP) is 2.89. The third-order valence-corrected chi connectivity index (χ3v) is 2.90. The zero-order valence-electron chi connectivity index (χ0n) is 11.1. The zero-order chi connectivity index (χ0) is 13.1. The van der Waals surface area contributed by atoms with E-state index in [9.17, 15) is 4.79 Å². The lowest BCUT2D eigenvalue weighted by Crippen LogP contribution is -2.43. The molecule has 1 aromatic carbocycles. The fraction of sp³-hybridized carbons (Fsp3) is 0.500. The van der Waals surface area contributed by atoms with Gasteiger partial charge in [-0.3, -0.25) is 4.79 Å². The van der Waals surface area contributed by atoms with Crippen molar-refractivity contribution in [3.8, 4) is 0 Å². The topological polar surface area (TPSA) is 55.1 Å². The van der Waals surface area contributed by atoms with Crippen LogP contribution in [0.15, 0.2) is 18.2 Å². The Kier molecular flexibility index (Phi) is 4.16. The Balaban J connectivity index is 2.87. The van der Waals surface area contributed by atoms with Gasteiger partial charge in [0.05, 0.1) is 5.56 Å². The van der Waals surface area contributed by atoms with Gasteiger partial charge in [0.2, 0.25) is 0 Å². The van der Waals surface area contributed by atoms with Crippen LogP contribution in [0.4, 0.5) is 5.69 Å². The number of aryl methyl sites for hydroxylation is 1. The second-order valence-corrected chi connectivity index (χ2v) is 5.12. The zero-order valence-corrected chi connectivity index (χ0v) is 11.1. The molecule has 3 N–H and O–H groups in total. The van der Waals surface area contributed by atoms with Gasteiger partial charge in [-0.2, -0.15) is 0 Å². The maximum absolute atomic E-state index is 12.1. The molecule has 0 bridgehead atoms. The molecule has 0 unspecified atom stereocenters. The van der Waals surface area contributed by atoms with E-state index in [2.05, 4.69) is 12.2 Å². The third-order valence-electron chi connectivity index (χ3n) is 2.90. The highest BCUT2D eigenvalue weighted by Gasteiger charge is 2.21. The van der Waals surface area contributed by atoms with Crippen LogP contribution in [0, 0.1) is 6.92 Å². The number of benzene rings is 1. The van der Waals surface area contributed by atoms with Gasteiger partial charge in [0, 0.05) is 11.2 Å². The van der Waals surface area contributed by atoms with E-state index in [0.717, 1.165) is 18.4 Å². The van der Waals surface area contributed by atoms with Crippen LogP contribution in [0.3, 0.4) is 0 Å². The van der Waals surface area contributed by atoms with Gasteiger partial charge in [-0.05, 0) is 38.8 Å². The lowest BCUT2D eigenvalue weighted by Gasteiger charge is -2.26. The predicted molar refractivity (Wildman–Crippen MR) is 72.0 cm³/mol. The molecule has 94 valence electrons. The molecule has 0 heterocycles. The van der Waals surface area contributed by atoms with Gasteiger partial charge >= 0.3 is 0 Å². The molecule has 0 fully saturated rings. The van der Waals surface area contributed by atoms with Crippen LogP contribution in [0.2, 0.25) is 0 Å². The number of nitrogens with two attached hydrogens (primary N) is 1. The molecule has 1 aromatic rings. The highest BCUT2D eigenvalue weighted by Crippen LogP contribution is 2.18. The van der Waals surface area contributed by atoms with Gasteiger partial charge in [-0.25, -0.2) is 0 Å². The lowest BCUT2D eigenvalue weighted by atomic mass is 9.98. The Labute approximate surface area is 103 Å². The molecule has 0 aliphatic carbocycles. The SMILES string of the molecule is CCCC(C)(C)NC(=O)c1cccc(C)c1N. The molecule has 0 aromatic heterocycles. The van der Waals surface area contributed by atoms with E-state index in [1.54, 1.807) is 6.07 Å². The molecule has 0 radical (unpaired) electrons. The highest BCUT2D eigenvalue weighted by atomic mass is 16.1. The number of amides is 1. The van der Waals surface area contributed by atoms with Gasteiger partial charge < -0.3 is 11.1 Å². The number of anilines is 1. The quantitative estimate of drug-likeness (QED) is 0.787. The first-order valence-corrected chi connectivity index (χ1v) is 6.05. The summed E-state index contributed by atoms with van der Waals surface area (Å²) >= 11 is 0. The first kappa shape index (κ1) is 13.6. The van der Waals surface area contributed by atoms with Crippen LogP contribution in [0.1, 0.15) is 49.5 Å². The monoisotopic (exact) mass is 234 g/mol.